The molecule has 0 amide bonds. The summed E-state index contributed by atoms with van der Waals surface area (Å²) in [6.45, 7) is 14.7. The van der Waals surface area contributed by atoms with Gasteiger partial charge < -0.3 is 9.73 Å². The molecule has 2 aromatic rings. The lowest BCUT2D eigenvalue weighted by Crippen LogP contribution is -1.95. The fourth-order valence-corrected chi connectivity index (χ4v) is 2.38. The molecule has 2 rings (SSSR count). The fourth-order valence-electron chi connectivity index (χ4n) is 2.38. The fraction of sp³-hybridized carbons (Fsp3) is 0.100. The van der Waals surface area contributed by atoms with E-state index in [1.807, 2.05) is 38.1 Å². The third-order valence-corrected chi connectivity index (χ3v) is 3.45. The van der Waals surface area contributed by atoms with E-state index in [4.69, 9.17) is 4.42 Å². The van der Waals surface area contributed by atoms with Crippen LogP contribution in [-0.4, -0.2) is 0 Å². The van der Waals surface area contributed by atoms with Crippen molar-refractivity contribution in [3.05, 3.63) is 85.1 Å². The topological polar surface area (TPSA) is 25.2 Å². The summed E-state index contributed by atoms with van der Waals surface area (Å²) in [4.78, 5) is 0. The number of hydrogen-bond acceptors (Lipinski definition) is 2. The van der Waals surface area contributed by atoms with Crippen molar-refractivity contribution in [3.8, 4) is 0 Å². The van der Waals surface area contributed by atoms with E-state index < -0.39 is 5.83 Å². The standard InChI is InChI=1S/C20H20FNO/c1-6-8-13(2)19-16(5)17-9-7-10-18(20(17)23-19)22-15(4)12-11-14(3)21/h6-12,22H,1,3-4H2,2,5H3/b12-11-,13-8-. The summed E-state index contributed by atoms with van der Waals surface area (Å²) in [6.07, 6.45) is 6.43. The van der Waals surface area contributed by atoms with Gasteiger partial charge in [-0.3, -0.25) is 0 Å². The summed E-state index contributed by atoms with van der Waals surface area (Å²) in [6, 6.07) is 5.84. The molecule has 23 heavy (non-hydrogen) atoms. The van der Waals surface area contributed by atoms with Crippen LogP contribution in [0.25, 0.3) is 16.5 Å². The largest absolute Gasteiger partial charge is 0.454 e. The number of nitrogens with one attached hydrogen (secondary N) is 1. The number of furan rings is 1. The van der Waals surface area contributed by atoms with E-state index in [1.165, 1.54) is 12.2 Å². The molecule has 1 aromatic carbocycles. The number of rotatable bonds is 6. The number of benzene rings is 1. The SMILES string of the molecule is C=C/C=C(/C)c1oc2c(NC(=C)/C=C\C(=C)F)cccc2c1C. The minimum absolute atomic E-state index is 0.521. The number of halogens is 1. The van der Waals surface area contributed by atoms with Crippen LogP contribution in [0.2, 0.25) is 0 Å². The Hall–Kier alpha value is -2.81. The molecule has 0 aliphatic heterocycles. The monoisotopic (exact) mass is 309 g/mol. The van der Waals surface area contributed by atoms with Gasteiger partial charge in [-0.2, -0.15) is 0 Å². The van der Waals surface area contributed by atoms with Gasteiger partial charge in [-0.15, -0.1) is 0 Å². The maximum Gasteiger partial charge on any atom is 0.158 e. The summed E-state index contributed by atoms with van der Waals surface area (Å²) >= 11 is 0. The highest BCUT2D eigenvalue weighted by Gasteiger charge is 2.14. The van der Waals surface area contributed by atoms with Gasteiger partial charge in [0.1, 0.15) is 11.6 Å². The number of hydrogen-bond donors (Lipinski definition) is 1. The van der Waals surface area contributed by atoms with Crippen molar-refractivity contribution in [3.63, 3.8) is 0 Å². The van der Waals surface area contributed by atoms with Crippen molar-refractivity contribution in [2.45, 2.75) is 13.8 Å². The molecule has 0 spiro atoms. The third kappa shape index (κ3) is 3.69. The lowest BCUT2D eigenvalue weighted by molar-refractivity contribution is 0.597. The van der Waals surface area contributed by atoms with E-state index in [0.29, 0.717) is 5.70 Å². The van der Waals surface area contributed by atoms with Crippen molar-refractivity contribution < 1.29 is 8.81 Å². The molecule has 2 nitrogen and oxygen atoms in total. The molecule has 0 aliphatic rings. The smallest absolute Gasteiger partial charge is 0.158 e. The number of anilines is 1. The van der Waals surface area contributed by atoms with E-state index in [-0.39, 0.29) is 0 Å². The maximum atomic E-state index is 12.7. The Labute approximate surface area is 136 Å². The zero-order valence-corrected chi connectivity index (χ0v) is 13.4. The van der Waals surface area contributed by atoms with Crippen molar-refractivity contribution in [1.29, 1.82) is 0 Å². The van der Waals surface area contributed by atoms with Crippen molar-refractivity contribution >= 4 is 22.2 Å². The molecule has 0 unspecified atom stereocenters. The molecule has 3 heteroatoms. The summed E-state index contributed by atoms with van der Waals surface area (Å²) in [5, 5.41) is 4.15. The van der Waals surface area contributed by atoms with Crippen LogP contribution >= 0.6 is 0 Å². The Morgan fingerprint density at radius 3 is 2.65 bits per heavy atom. The van der Waals surface area contributed by atoms with Gasteiger partial charge >= 0.3 is 0 Å². The molecule has 118 valence electrons. The second-order valence-electron chi connectivity index (χ2n) is 5.25. The summed E-state index contributed by atoms with van der Waals surface area (Å²) < 4.78 is 18.7. The predicted octanol–water partition coefficient (Wildman–Crippen LogP) is 6.30. The van der Waals surface area contributed by atoms with E-state index in [9.17, 15) is 4.39 Å². The highest BCUT2D eigenvalue weighted by molar-refractivity contribution is 5.95. The molecule has 0 atom stereocenters. The molecular formula is C20H20FNO. The molecule has 1 heterocycles. The Balaban J connectivity index is 2.44. The average Bonchev–Trinajstić information content (AvgIpc) is 2.84. The number of aryl methyl sites for hydroxylation is 1. The predicted molar refractivity (Wildman–Crippen MR) is 96.9 cm³/mol. The number of para-hydroxylation sites is 1. The lowest BCUT2D eigenvalue weighted by Gasteiger charge is -2.06. The zero-order chi connectivity index (χ0) is 17.0. The van der Waals surface area contributed by atoms with Gasteiger partial charge in [-0.1, -0.05) is 44.0 Å². The summed E-state index contributed by atoms with van der Waals surface area (Å²) in [5.74, 6) is 0.305. The van der Waals surface area contributed by atoms with Gasteiger partial charge in [-0.05, 0) is 37.6 Å². The number of allylic oxidation sites excluding steroid dienone is 6. The molecule has 0 saturated carbocycles. The van der Waals surface area contributed by atoms with Crippen LogP contribution in [0.1, 0.15) is 18.2 Å². The molecule has 0 saturated heterocycles. The van der Waals surface area contributed by atoms with E-state index >= 15 is 0 Å². The minimum Gasteiger partial charge on any atom is -0.454 e. The third-order valence-electron chi connectivity index (χ3n) is 3.45. The second-order valence-corrected chi connectivity index (χ2v) is 5.25. The van der Waals surface area contributed by atoms with E-state index in [2.05, 4.69) is 25.1 Å². The van der Waals surface area contributed by atoms with Crippen molar-refractivity contribution in [2.75, 3.05) is 5.32 Å². The first-order chi connectivity index (χ1) is 10.9. The van der Waals surface area contributed by atoms with E-state index in [0.717, 1.165) is 33.6 Å². The zero-order valence-electron chi connectivity index (χ0n) is 13.4. The summed E-state index contributed by atoms with van der Waals surface area (Å²) in [7, 11) is 0. The quantitative estimate of drug-likeness (QED) is 0.634. The van der Waals surface area contributed by atoms with Gasteiger partial charge in [0.05, 0.1) is 5.69 Å². The molecule has 0 radical (unpaired) electrons. The average molecular weight is 309 g/mol. The Kier molecular flexibility index (Phi) is 5.02. The van der Waals surface area contributed by atoms with Gasteiger partial charge in [0.15, 0.2) is 5.58 Å². The van der Waals surface area contributed by atoms with Crippen LogP contribution < -0.4 is 5.32 Å². The maximum absolute atomic E-state index is 12.7. The van der Waals surface area contributed by atoms with Crippen LogP contribution in [0.3, 0.4) is 0 Å². The van der Waals surface area contributed by atoms with Crippen LogP contribution in [0.4, 0.5) is 10.1 Å². The first kappa shape index (κ1) is 16.6. The van der Waals surface area contributed by atoms with Crippen molar-refractivity contribution in [1.82, 2.24) is 0 Å². The molecule has 1 N–H and O–H groups in total. The van der Waals surface area contributed by atoms with E-state index in [1.54, 1.807) is 6.08 Å². The van der Waals surface area contributed by atoms with Crippen LogP contribution in [-0.2, 0) is 0 Å². The van der Waals surface area contributed by atoms with Gasteiger partial charge in [0.25, 0.3) is 0 Å². The van der Waals surface area contributed by atoms with Gasteiger partial charge in [0.2, 0.25) is 0 Å². The molecule has 1 aromatic heterocycles. The van der Waals surface area contributed by atoms with Crippen LogP contribution in [0.5, 0.6) is 0 Å². The normalized spacial score (nSPS) is 11.9. The highest BCUT2D eigenvalue weighted by Crippen LogP contribution is 2.34. The lowest BCUT2D eigenvalue weighted by atomic mass is 10.1. The Bertz CT molecular complexity index is 837. The van der Waals surface area contributed by atoms with Crippen LogP contribution in [0, 0.1) is 6.92 Å². The van der Waals surface area contributed by atoms with Crippen LogP contribution in [0.15, 0.2) is 78.2 Å². The molecule has 0 fully saturated rings. The Morgan fingerprint density at radius 1 is 1.26 bits per heavy atom. The molecule has 0 bridgehead atoms. The second kappa shape index (κ2) is 6.97. The molecule has 0 aliphatic carbocycles. The van der Waals surface area contributed by atoms with Gasteiger partial charge in [-0.25, -0.2) is 4.39 Å². The van der Waals surface area contributed by atoms with Crippen molar-refractivity contribution in [2.24, 2.45) is 0 Å². The first-order valence-corrected chi connectivity index (χ1v) is 7.24. The minimum atomic E-state index is -0.521. The summed E-state index contributed by atoms with van der Waals surface area (Å²) in [5.41, 5.74) is 4.14. The number of fused-ring (bicyclic) bond motifs is 1. The highest BCUT2D eigenvalue weighted by atomic mass is 19.1. The first-order valence-electron chi connectivity index (χ1n) is 7.24. The van der Waals surface area contributed by atoms with Gasteiger partial charge in [0, 0.05) is 16.6 Å². The molecular weight excluding hydrogens is 289 g/mol. The Morgan fingerprint density at radius 2 is 2.00 bits per heavy atom.